The maximum absolute atomic E-state index is 5.84. The van der Waals surface area contributed by atoms with E-state index in [-0.39, 0.29) is 0 Å². The highest BCUT2D eigenvalue weighted by Gasteiger charge is 2.33. The minimum absolute atomic E-state index is 0.467. The summed E-state index contributed by atoms with van der Waals surface area (Å²) in [5.74, 6) is 0. The van der Waals surface area contributed by atoms with Crippen molar-refractivity contribution in [2.75, 3.05) is 18.0 Å². The minimum Gasteiger partial charge on any atom is -0.371 e. The van der Waals surface area contributed by atoms with Gasteiger partial charge in [-0.2, -0.15) is 0 Å². The van der Waals surface area contributed by atoms with Gasteiger partial charge in [0.25, 0.3) is 0 Å². The van der Waals surface area contributed by atoms with Crippen molar-refractivity contribution < 1.29 is 4.74 Å². The molecule has 0 N–H and O–H groups in total. The number of morpholine rings is 1. The number of rotatable bonds is 2. The number of ether oxygens (including phenoxy) is 1. The molecule has 2 nitrogen and oxygen atoms in total. The monoisotopic (exact) mass is 281 g/mol. The molecule has 1 aromatic carbocycles. The zero-order valence-electron chi connectivity index (χ0n) is 9.23. The summed E-state index contributed by atoms with van der Waals surface area (Å²) in [5.41, 5.74) is 2.67. The third-order valence-electron chi connectivity index (χ3n) is 3.50. The van der Waals surface area contributed by atoms with E-state index in [2.05, 4.69) is 45.1 Å². The maximum Gasteiger partial charge on any atom is 0.0755 e. The zero-order chi connectivity index (χ0) is 11.0. The topological polar surface area (TPSA) is 12.5 Å². The van der Waals surface area contributed by atoms with Gasteiger partial charge < -0.3 is 9.64 Å². The zero-order valence-corrected chi connectivity index (χ0v) is 10.8. The van der Waals surface area contributed by atoms with Gasteiger partial charge in [-0.15, -0.1) is 0 Å². The molecular weight excluding hydrogens is 266 g/mol. The van der Waals surface area contributed by atoms with Crippen molar-refractivity contribution in [3.8, 4) is 0 Å². The molecule has 2 aliphatic heterocycles. The van der Waals surface area contributed by atoms with Crippen LogP contribution in [-0.2, 0) is 10.1 Å². The van der Waals surface area contributed by atoms with Gasteiger partial charge >= 0.3 is 0 Å². The van der Waals surface area contributed by atoms with Crippen molar-refractivity contribution in [3.05, 3.63) is 29.8 Å². The summed E-state index contributed by atoms with van der Waals surface area (Å²) in [6.45, 7) is 2.12. The van der Waals surface area contributed by atoms with Crippen LogP contribution in [0.1, 0.15) is 18.4 Å². The smallest absolute Gasteiger partial charge is 0.0755 e. The average molecular weight is 282 g/mol. The van der Waals surface area contributed by atoms with Crippen LogP contribution in [0.25, 0.3) is 0 Å². The van der Waals surface area contributed by atoms with Gasteiger partial charge in [0.05, 0.1) is 12.2 Å². The highest BCUT2D eigenvalue weighted by atomic mass is 79.9. The Bertz CT molecular complexity index is 353. The van der Waals surface area contributed by atoms with E-state index in [9.17, 15) is 0 Å². The molecule has 0 saturated carbocycles. The SMILES string of the molecule is BrCc1ccc(N2CC3CCC(C2)O3)cc1. The summed E-state index contributed by atoms with van der Waals surface area (Å²) in [4.78, 5) is 2.46. The molecule has 3 heteroatoms. The fraction of sp³-hybridized carbons (Fsp3) is 0.538. The van der Waals surface area contributed by atoms with Gasteiger partial charge in [-0.05, 0) is 30.5 Å². The Balaban J connectivity index is 1.76. The first-order valence-electron chi connectivity index (χ1n) is 5.90. The molecule has 3 rings (SSSR count). The van der Waals surface area contributed by atoms with E-state index in [0.29, 0.717) is 12.2 Å². The third-order valence-corrected chi connectivity index (χ3v) is 4.15. The van der Waals surface area contributed by atoms with E-state index in [1.54, 1.807) is 0 Å². The van der Waals surface area contributed by atoms with Crippen molar-refractivity contribution in [1.29, 1.82) is 0 Å². The Kier molecular flexibility index (Phi) is 2.90. The molecule has 0 aliphatic carbocycles. The first kappa shape index (κ1) is 10.6. The fourth-order valence-corrected chi connectivity index (χ4v) is 3.00. The van der Waals surface area contributed by atoms with Gasteiger partial charge in [-0.1, -0.05) is 28.1 Å². The lowest BCUT2D eigenvalue weighted by Gasteiger charge is -2.33. The highest BCUT2D eigenvalue weighted by molar-refractivity contribution is 9.08. The van der Waals surface area contributed by atoms with Crippen LogP contribution < -0.4 is 4.90 Å². The Morgan fingerprint density at radius 1 is 1.12 bits per heavy atom. The predicted molar refractivity (Wildman–Crippen MR) is 69.2 cm³/mol. The van der Waals surface area contributed by atoms with Crippen LogP contribution in [0.2, 0.25) is 0 Å². The Morgan fingerprint density at radius 3 is 2.31 bits per heavy atom. The van der Waals surface area contributed by atoms with E-state index >= 15 is 0 Å². The Hall–Kier alpha value is -0.540. The molecule has 2 atom stereocenters. The van der Waals surface area contributed by atoms with E-state index in [1.165, 1.54) is 24.1 Å². The molecule has 1 aromatic rings. The van der Waals surface area contributed by atoms with Gasteiger partial charge in [0.2, 0.25) is 0 Å². The second-order valence-corrected chi connectivity index (χ2v) is 5.22. The molecule has 86 valence electrons. The quantitative estimate of drug-likeness (QED) is 0.773. The lowest BCUT2D eigenvalue weighted by Crippen LogP contribution is -2.42. The fourth-order valence-electron chi connectivity index (χ4n) is 2.62. The van der Waals surface area contributed by atoms with Crippen LogP contribution in [0.4, 0.5) is 5.69 Å². The number of anilines is 1. The van der Waals surface area contributed by atoms with Crippen LogP contribution in [0.5, 0.6) is 0 Å². The molecule has 2 fully saturated rings. The Labute approximate surface area is 105 Å². The molecule has 2 unspecified atom stereocenters. The van der Waals surface area contributed by atoms with E-state index in [0.717, 1.165) is 18.4 Å². The molecule has 16 heavy (non-hydrogen) atoms. The summed E-state index contributed by atoms with van der Waals surface area (Å²) in [6.07, 6.45) is 3.41. The number of fused-ring (bicyclic) bond motifs is 2. The van der Waals surface area contributed by atoms with Crippen LogP contribution in [0.3, 0.4) is 0 Å². The molecule has 0 aromatic heterocycles. The highest BCUT2D eigenvalue weighted by Crippen LogP contribution is 2.29. The van der Waals surface area contributed by atoms with E-state index < -0.39 is 0 Å². The van der Waals surface area contributed by atoms with E-state index in [4.69, 9.17) is 4.74 Å². The van der Waals surface area contributed by atoms with Crippen LogP contribution in [-0.4, -0.2) is 25.3 Å². The summed E-state index contributed by atoms with van der Waals surface area (Å²) in [6, 6.07) is 8.84. The largest absolute Gasteiger partial charge is 0.371 e. The maximum atomic E-state index is 5.84. The number of halogens is 1. The normalized spacial score (nSPS) is 28.4. The van der Waals surface area contributed by atoms with Crippen LogP contribution >= 0.6 is 15.9 Å². The van der Waals surface area contributed by atoms with Crippen molar-refractivity contribution >= 4 is 21.6 Å². The number of alkyl halides is 1. The molecule has 2 heterocycles. The number of benzene rings is 1. The average Bonchev–Trinajstić information content (AvgIpc) is 2.68. The van der Waals surface area contributed by atoms with E-state index in [1.807, 2.05) is 0 Å². The minimum atomic E-state index is 0.467. The summed E-state index contributed by atoms with van der Waals surface area (Å²) >= 11 is 3.47. The van der Waals surface area contributed by atoms with Crippen molar-refractivity contribution in [2.45, 2.75) is 30.4 Å². The van der Waals surface area contributed by atoms with Crippen molar-refractivity contribution in [3.63, 3.8) is 0 Å². The number of hydrogen-bond donors (Lipinski definition) is 0. The predicted octanol–water partition coefficient (Wildman–Crippen LogP) is 2.95. The molecule has 0 spiro atoms. The second kappa shape index (κ2) is 4.38. The molecule has 2 saturated heterocycles. The lowest BCUT2D eigenvalue weighted by molar-refractivity contribution is 0.0305. The van der Waals surface area contributed by atoms with Crippen LogP contribution in [0.15, 0.2) is 24.3 Å². The van der Waals surface area contributed by atoms with Gasteiger partial charge in [-0.25, -0.2) is 0 Å². The molecule has 0 amide bonds. The third kappa shape index (κ3) is 1.98. The first-order valence-corrected chi connectivity index (χ1v) is 7.02. The van der Waals surface area contributed by atoms with Gasteiger partial charge in [0.1, 0.15) is 0 Å². The van der Waals surface area contributed by atoms with Gasteiger partial charge in [-0.3, -0.25) is 0 Å². The summed E-state index contributed by atoms with van der Waals surface area (Å²) in [5, 5.41) is 0.932. The Morgan fingerprint density at radius 2 is 1.75 bits per heavy atom. The molecule has 0 radical (unpaired) electrons. The molecule has 2 bridgehead atoms. The lowest BCUT2D eigenvalue weighted by atomic mass is 10.2. The summed E-state index contributed by atoms with van der Waals surface area (Å²) < 4.78 is 5.84. The van der Waals surface area contributed by atoms with Crippen molar-refractivity contribution in [2.24, 2.45) is 0 Å². The second-order valence-electron chi connectivity index (χ2n) is 4.66. The van der Waals surface area contributed by atoms with Gasteiger partial charge in [0, 0.05) is 24.1 Å². The van der Waals surface area contributed by atoms with Crippen molar-refractivity contribution in [1.82, 2.24) is 0 Å². The molecule has 2 aliphatic rings. The summed E-state index contributed by atoms with van der Waals surface area (Å²) in [7, 11) is 0. The van der Waals surface area contributed by atoms with Crippen LogP contribution in [0, 0.1) is 0 Å². The molecular formula is C13H16BrNO. The first-order chi connectivity index (χ1) is 7.85. The number of hydrogen-bond acceptors (Lipinski definition) is 2. The van der Waals surface area contributed by atoms with Gasteiger partial charge in [0.15, 0.2) is 0 Å². The standard InChI is InChI=1S/C13H16BrNO/c14-7-10-1-3-11(4-2-10)15-8-12-5-6-13(9-15)16-12/h1-4,12-13H,5-9H2. The number of nitrogens with zero attached hydrogens (tertiary/aromatic N) is 1.